The van der Waals surface area contributed by atoms with Crippen molar-refractivity contribution in [2.24, 2.45) is 0 Å². The van der Waals surface area contributed by atoms with Crippen molar-refractivity contribution in [1.82, 2.24) is 4.98 Å². The van der Waals surface area contributed by atoms with Gasteiger partial charge in [-0.25, -0.2) is 4.98 Å². The first-order valence-corrected chi connectivity index (χ1v) is 11.5. The van der Waals surface area contributed by atoms with Crippen molar-refractivity contribution < 1.29 is 9.15 Å². The van der Waals surface area contributed by atoms with E-state index in [1.165, 1.54) is 21.5 Å². The van der Waals surface area contributed by atoms with Crippen molar-refractivity contribution >= 4 is 44.4 Å². The van der Waals surface area contributed by atoms with Crippen LogP contribution in [0.2, 0.25) is 0 Å². The van der Waals surface area contributed by atoms with Gasteiger partial charge in [0.2, 0.25) is 5.89 Å². The molecule has 0 radical (unpaired) electrons. The molecular formula is C31H22N2O2. The third kappa shape index (κ3) is 4.50. The van der Waals surface area contributed by atoms with Crippen molar-refractivity contribution in [2.75, 3.05) is 5.32 Å². The SMILES string of the molecule is C(=Cc1nc2ccccc2o1)C=C1Nc2ccccc2O1.c1ccc2cc3ccccc3cc2c1. The molecule has 1 aliphatic rings. The lowest BCUT2D eigenvalue weighted by Crippen LogP contribution is -1.95. The molecular weight excluding hydrogens is 432 g/mol. The topological polar surface area (TPSA) is 47.3 Å². The minimum atomic E-state index is 0.573. The average molecular weight is 455 g/mol. The summed E-state index contributed by atoms with van der Waals surface area (Å²) in [6, 6.07) is 36.9. The standard InChI is InChI=1S/C17H12N2O2.C14H10/c1-3-8-14-12(6-1)18-16(20-14)10-5-11-17-19-13-7-2-4-9-15(13)21-17;1-2-6-12-10-14-8-4-3-7-13(14)9-11(12)5-1/h1-11,18H;1-10H. The number of fused-ring (bicyclic) bond motifs is 4. The lowest BCUT2D eigenvalue weighted by atomic mass is 10.0. The summed E-state index contributed by atoms with van der Waals surface area (Å²) in [7, 11) is 0. The first-order valence-electron chi connectivity index (χ1n) is 11.5. The summed E-state index contributed by atoms with van der Waals surface area (Å²) in [4.78, 5) is 4.37. The van der Waals surface area contributed by atoms with Crippen LogP contribution in [0, 0.1) is 0 Å². The number of aromatic nitrogens is 1. The van der Waals surface area contributed by atoms with Gasteiger partial charge in [-0.2, -0.15) is 0 Å². The van der Waals surface area contributed by atoms with E-state index < -0.39 is 0 Å². The number of nitrogens with zero attached hydrogens (tertiary/aromatic N) is 1. The highest BCUT2D eigenvalue weighted by molar-refractivity contribution is 5.98. The van der Waals surface area contributed by atoms with Crippen LogP contribution in [0.4, 0.5) is 5.69 Å². The normalized spacial score (nSPS) is 13.5. The van der Waals surface area contributed by atoms with Gasteiger partial charge in [0.05, 0.1) is 5.69 Å². The minimum Gasteiger partial charge on any atom is -0.439 e. The first-order chi connectivity index (χ1) is 17.3. The highest BCUT2D eigenvalue weighted by Crippen LogP contribution is 2.32. The van der Waals surface area contributed by atoms with Crippen LogP contribution in [-0.2, 0) is 0 Å². The lowest BCUT2D eigenvalue weighted by molar-refractivity contribution is 0.457. The summed E-state index contributed by atoms with van der Waals surface area (Å²) in [6.45, 7) is 0. The van der Waals surface area contributed by atoms with Gasteiger partial charge in [0, 0.05) is 6.08 Å². The van der Waals surface area contributed by atoms with Crippen molar-refractivity contribution in [2.45, 2.75) is 0 Å². The Morgan fingerprint density at radius 2 is 1.26 bits per heavy atom. The van der Waals surface area contributed by atoms with Crippen molar-refractivity contribution in [1.29, 1.82) is 0 Å². The number of anilines is 1. The fourth-order valence-electron chi connectivity index (χ4n) is 4.07. The molecule has 0 atom stereocenters. The van der Waals surface area contributed by atoms with Gasteiger partial charge >= 0.3 is 0 Å². The molecule has 4 heteroatoms. The minimum absolute atomic E-state index is 0.573. The molecule has 1 N–H and O–H groups in total. The Hall–Kier alpha value is -4.83. The molecule has 35 heavy (non-hydrogen) atoms. The van der Waals surface area contributed by atoms with E-state index in [0.717, 1.165) is 22.5 Å². The van der Waals surface area contributed by atoms with E-state index in [-0.39, 0.29) is 0 Å². The number of oxazole rings is 1. The zero-order chi connectivity index (χ0) is 23.5. The van der Waals surface area contributed by atoms with Gasteiger partial charge in [-0.05, 0) is 64.0 Å². The summed E-state index contributed by atoms with van der Waals surface area (Å²) in [5.41, 5.74) is 2.61. The highest BCUT2D eigenvalue weighted by atomic mass is 16.5. The van der Waals surface area contributed by atoms with E-state index in [9.17, 15) is 0 Å². The van der Waals surface area contributed by atoms with Crippen LogP contribution in [-0.4, -0.2) is 4.98 Å². The van der Waals surface area contributed by atoms with E-state index in [4.69, 9.17) is 9.15 Å². The quantitative estimate of drug-likeness (QED) is 0.268. The van der Waals surface area contributed by atoms with Gasteiger partial charge < -0.3 is 14.5 Å². The molecule has 2 heterocycles. The molecule has 5 aromatic carbocycles. The second-order valence-electron chi connectivity index (χ2n) is 8.18. The molecule has 0 unspecified atom stereocenters. The first kappa shape index (κ1) is 20.8. The Bertz CT molecular complexity index is 1550. The zero-order valence-corrected chi connectivity index (χ0v) is 18.9. The molecule has 7 rings (SSSR count). The van der Waals surface area contributed by atoms with Crippen LogP contribution < -0.4 is 10.1 Å². The van der Waals surface area contributed by atoms with Crippen LogP contribution in [0.1, 0.15) is 5.89 Å². The summed E-state index contributed by atoms with van der Waals surface area (Å²) < 4.78 is 11.3. The smallest absolute Gasteiger partial charge is 0.219 e. The second kappa shape index (κ2) is 9.20. The summed E-state index contributed by atoms with van der Waals surface area (Å²) in [5, 5.41) is 8.43. The Balaban J connectivity index is 0.000000141. The monoisotopic (exact) mass is 454 g/mol. The summed E-state index contributed by atoms with van der Waals surface area (Å²) >= 11 is 0. The van der Waals surface area contributed by atoms with E-state index >= 15 is 0 Å². The van der Waals surface area contributed by atoms with E-state index in [0.29, 0.717) is 11.8 Å². The molecule has 168 valence electrons. The molecule has 0 saturated heterocycles. The number of hydrogen-bond donors (Lipinski definition) is 1. The predicted octanol–water partition coefficient (Wildman–Crippen LogP) is 8.18. The molecule has 0 aliphatic carbocycles. The number of ether oxygens (including phenoxy) is 1. The van der Waals surface area contributed by atoms with Crippen molar-refractivity contribution in [3.05, 3.63) is 133 Å². The van der Waals surface area contributed by atoms with Crippen molar-refractivity contribution in [3.8, 4) is 5.75 Å². The maximum atomic E-state index is 5.65. The van der Waals surface area contributed by atoms with Gasteiger partial charge in [-0.15, -0.1) is 0 Å². The van der Waals surface area contributed by atoms with Crippen molar-refractivity contribution in [3.63, 3.8) is 0 Å². The van der Waals surface area contributed by atoms with Gasteiger partial charge in [0.1, 0.15) is 5.52 Å². The molecule has 0 bridgehead atoms. The second-order valence-corrected chi connectivity index (χ2v) is 8.18. The molecule has 6 aromatic rings. The van der Waals surface area contributed by atoms with Crippen LogP contribution >= 0.6 is 0 Å². The molecule has 4 nitrogen and oxygen atoms in total. The number of rotatable bonds is 2. The summed E-state index contributed by atoms with van der Waals surface area (Å²) in [6.07, 6.45) is 5.49. The van der Waals surface area contributed by atoms with Crippen LogP contribution in [0.15, 0.2) is 132 Å². The van der Waals surface area contributed by atoms with Gasteiger partial charge in [0.15, 0.2) is 17.2 Å². The van der Waals surface area contributed by atoms with Gasteiger partial charge in [-0.3, -0.25) is 0 Å². The molecule has 1 aliphatic heterocycles. The molecule has 0 saturated carbocycles. The number of nitrogens with one attached hydrogen (secondary N) is 1. The summed E-state index contributed by atoms with van der Waals surface area (Å²) in [5.74, 6) is 2.09. The fourth-order valence-corrected chi connectivity index (χ4v) is 4.07. The van der Waals surface area contributed by atoms with Gasteiger partial charge in [0.25, 0.3) is 0 Å². The Kier molecular flexibility index (Phi) is 5.45. The van der Waals surface area contributed by atoms with Crippen LogP contribution in [0.5, 0.6) is 5.75 Å². The Morgan fingerprint density at radius 3 is 1.91 bits per heavy atom. The highest BCUT2D eigenvalue weighted by Gasteiger charge is 2.14. The average Bonchev–Trinajstić information content (AvgIpc) is 3.51. The third-order valence-corrected chi connectivity index (χ3v) is 5.78. The van der Waals surface area contributed by atoms with Gasteiger partial charge in [-0.1, -0.05) is 78.9 Å². The van der Waals surface area contributed by atoms with E-state index in [2.05, 4.69) is 71.0 Å². The molecule has 0 spiro atoms. The zero-order valence-electron chi connectivity index (χ0n) is 18.9. The maximum Gasteiger partial charge on any atom is 0.219 e. The number of allylic oxidation sites excluding steroid dienone is 2. The molecule has 0 fully saturated rings. The lowest BCUT2D eigenvalue weighted by Gasteiger charge is -2.00. The number of hydrogen-bond acceptors (Lipinski definition) is 4. The third-order valence-electron chi connectivity index (χ3n) is 5.78. The maximum absolute atomic E-state index is 5.65. The van der Waals surface area contributed by atoms with E-state index in [1.54, 1.807) is 6.08 Å². The molecule has 0 amide bonds. The van der Waals surface area contributed by atoms with Crippen LogP contribution in [0.3, 0.4) is 0 Å². The number of para-hydroxylation sites is 4. The molecule has 1 aromatic heterocycles. The Morgan fingerprint density at radius 1 is 0.657 bits per heavy atom. The largest absolute Gasteiger partial charge is 0.439 e. The van der Waals surface area contributed by atoms with E-state index in [1.807, 2.05) is 60.7 Å². The number of benzene rings is 5. The fraction of sp³-hybridized carbons (Fsp3) is 0. The van der Waals surface area contributed by atoms with Crippen LogP contribution in [0.25, 0.3) is 38.7 Å². The Labute approximate surface area is 202 Å². The predicted molar refractivity (Wildman–Crippen MR) is 143 cm³/mol.